The minimum atomic E-state index is -0.728. The third-order valence-electron chi connectivity index (χ3n) is 3.95. The Morgan fingerprint density at radius 3 is 2.48 bits per heavy atom. The number of likely N-dealkylation sites (N-methyl/N-ethyl adjacent to an activating group) is 1. The van der Waals surface area contributed by atoms with Crippen LogP contribution in [0.5, 0.6) is 0 Å². The fourth-order valence-corrected chi connectivity index (χ4v) is 3.41. The Labute approximate surface area is 148 Å². The van der Waals surface area contributed by atoms with Crippen LogP contribution in [0.2, 0.25) is 0 Å². The maximum atomic E-state index is 13.1. The number of hydrogen-bond donors (Lipinski definition) is 1. The normalized spacial score (nSPS) is 17.3. The Bertz CT molecular complexity index is 843. The molecule has 2 heterocycles. The molecule has 6 nitrogen and oxygen atoms in total. The first kappa shape index (κ1) is 16.9. The molecule has 1 atom stereocenters. The molecule has 0 bridgehead atoms. The largest absolute Gasteiger partial charge is 0.464 e. The summed E-state index contributed by atoms with van der Waals surface area (Å²) in [7, 11) is 2.66. The Morgan fingerprint density at radius 1 is 1.16 bits per heavy atom. The molecule has 3 rings (SSSR count). The van der Waals surface area contributed by atoms with Gasteiger partial charge in [-0.3, -0.25) is 9.69 Å². The van der Waals surface area contributed by atoms with Gasteiger partial charge in [0.2, 0.25) is 5.78 Å². The van der Waals surface area contributed by atoms with E-state index in [9.17, 15) is 14.4 Å². The summed E-state index contributed by atoms with van der Waals surface area (Å²) in [5, 5.41) is 4.58. The van der Waals surface area contributed by atoms with Crippen LogP contribution in [0.4, 0.5) is 4.79 Å². The Balaban J connectivity index is 2.23. The summed E-state index contributed by atoms with van der Waals surface area (Å²) in [6.07, 6.45) is 0. The monoisotopic (exact) mass is 356 g/mol. The number of benzene rings is 1. The van der Waals surface area contributed by atoms with Crippen molar-refractivity contribution < 1.29 is 19.1 Å². The summed E-state index contributed by atoms with van der Waals surface area (Å²) in [4.78, 5) is 39.4. The molecule has 0 aliphatic carbocycles. The molecule has 0 unspecified atom stereocenters. The topological polar surface area (TPSA) is 75.7 Å². The molecular formula is C18H16N2O4S. The number of carbonyl (C=O) groups is 3. The van der Waals surface area contributed by atoms with E-state index in [1.807, 2.05) is 18.2 Å². The molecule has 0 fully saturated rings. The lowest BCUT2D eigenvalue weighted by molar-refractivity contribution is -0.137. The van der Waals surface area contributed by atoms with Gasteiger partial charge in [0.25, 0.3) is 0 Å². The molecule has 2 amide bonds. The molecule has 7 heteroatoms. The number of nitrogens with zero attached hydrogens (tertiary/aromatic N) is 1. The fraction of sp³-hybridized carbons (Fsp3) is 0.167. The zero-order valence-electron chi connectivity index (χ0n) is 13.7. The molecule has 0 radical (unpaired) electrons. The van der Waals surface area contributed by atoms with Crippen molar-refractivity contribution in [2.24, 2.45) is 0 Å². The number of Topliss-reactive ketones (excluding diaryl/α,β-unsaturated/α-hetero) is 1. The van der Waals surface area contributed by atoms with Crippen LogP contribution < -0.4 is 5.32 Å². The number of nitrogens with one attached hydrogen (secondary N) is 1. The van der Waals surface area contributed by atoms with Crippen LogP contribution in [-0.4, -0.2) is 36.8 Å². The van der Waals surface area contributed by atoms with Crippen molar-refractivity contribution in [1.29, 1.82) is 0 Å². The molecule has 0 saturated carbocycles. The van der Waals surface area contributed by atoms with Gasteiger partial charge in [0.1, 0.15) is 5.70 Å². The van der Waals surface area contributed by atoms with Gasteiger partial charge in [-0.1, -0.05) is 36.4 Å². The predicted molar refractivity (Wildman–Crippen MR) is 93.2 cm³/mol. The average Bonchev–Trinajstić information content (AvgIpc) is 3.17. The van der Waals surface area contributed by atoms with E-state index in [1.54, 1.807) is 29.6 Å². The lowest BCUT2D eigenvalue weighted by Crippen LogP contribution is -2.48. The third kappa shape index (κ3) is 3.06. The van der Waals surface area contributed by atoms with Gasteiger partial charge in [0, 0.05) is 7.05 Å². The van der Waals surface area contributed by atoms with E-state index in [-0.39, 0.29) is 17.1 Å². The number of methoxy groups -OCH3 is 1. The standard InChI is InChI=1S/C18H16N2O4S/c1-20-15(17(22)24-2)13(16(21)12-9-6-10-25-12)14(19-18(20)23)11-7-4-3-5-8-11/h3-10,14H,1-2H3,(H,19,23)/t14-/m0/s1. The first-order chi connectivity index (χ1) is 12.0. The summed E-state index contributed by atoms with van der Waals surface area (Å²) in [6, 6.07) is 11.3. The van der Waals surface area contributed by atoms with E-state index < -0.39 is 18.0 Å². The minimum absolute atomic E-state index is 0.0431. The number of ether oxygens (including phenoxy) is 1. The molecule has 1 aromatic heterocycles. The second-order valence-electron chi connectivity index (χ2n) is 5.41. The molecule has 2 aromatic rings. The summed E-state index contributed by atoms with van der Waals surface area (Å²) < 4.78 is 4.82. The maximum absolute atomic E-state index is 13.1. The number of carbonyl (C=O) groups excluding carboxylic acids is 3. The van der Waals surface area contributed by atoms with E-state index in [1.165, 1.54) is 25.5 Å². The molecule has 1 aliphatic heterocycles. The van der Waals surface area contributed by atoms with E-state index in [0.717, 1.165) is 4.90 Å². The molecule has 128 valence electrons. The summed E-state index contributed by atoms with van der Waals surface area (Å²) in [5.74, 6) is -1.03. The van der Waals surface area contributed by atoms with Crippen LogP contribution in [0.1, 0.15) is 21.3 Å². The van der Waals surface area contributed by atoms with Gasteiger partial charge in [-0.15, -0.1) is 11.3 Å². The quantitative estimate of drug-likeness (QED) is 0.675. The van der Waals surface area contributed by atoms with E-state index in [2.05, 4.69) is 5.32 Å². The lowest BCUT2D eigenvalue weighted by Gasteiger charge is -2.33. The van der Waals surface area contributed by atoms with Crippen LogP contribution in [0.3, 0.4) is 0 Å². The van der Waals surface area contributed by atoms with Gasteiger partial charge in [-0.2, -0.15) is 0 Å². The summed E-state index contributed by atoms with van der Waals surface area (Å²) >= 11 is 1.28. The first-order valence-corrected chi connectivity index (χ1v) is 8.42. The number of ketones is 1. The number of thiophene rings is 1. The van der Waals surface area contributed by atoms with Crippen molar-refractivity contribution in [3.05, 3.63) is 69.6 Å². The molecular weight excluding hydrogens is 340 g/mol. The number of hydrogen-bond acceptors (Lipinski definition) is 5. The molecule has 0 spiro atoms. The SMILES string of the molecule is COC(=O)C1=C(C(=O)c2cccs2)[C@H](c2ccccc2)NC(=O)N1C. The predicted octanol–water partition coefficient (Wildman–Crippen LogP) is 2.75. The van der Waals surface area contributed by atoms with Crippen LogP contribution in [0, 0.1) is 0 Å². The van der Waals surface area contributed by atoms with Gasteiger partial charge < -0.3 is 10.1 Å². The highest BCUT2D eigenvalue weighted by molar-refractivity contribution is 7.12. The Hall–Kier alpha value is -2.93. The number of urea groups is 1. The van der Waals surface area contributed by atoms with E-state index >= 15 is 0 Å². The summed E-state index contributed by atoms with van der Waals surface area (Å²) in [6.45, 7) is 0. The summed E-state index contributed by atoms with van der Waals surface area (Å²) in [5.41, 5.74) is 0.867. The number of rotatable bonds is 4. The smallest absolute Gasteiger partial charge is 0.355 e. The molecule has 1 aliphatic rings. The van der Waals surface area contributed by atoms with Gasteiger partial charge in [0.05, 0.1) is 23.6 Å². The van der Waals surface area contributed by atoms with Crippen molar-refractivity contribution in [3.8, 4) is 0 Å². The van der Waals surface area contributed by atoms with Gasteiger partial charge in [-0.25, -0.2) is 9.59 Å². The number of esters is 1. The first-order valence-electron chi connectivity index (χ1n) is 7.54. The Kier molecular flexibility index (Phi) is 4.67. The number of amides is 2. The highest BCUT2D eigenvalue weighted by Gasteiger charge is 2.39. The second-order valence-corrected chi connectivity index (χ2v) is 6.36. The van der Waals surface area contributed by atoms with Crippen molar-refractivity contribution in [1.82, 2.24) is 10.2 Å². The second kappa shape index (κ2) is 6.90. The molecule has 1 N–H and O–H groups in total. The van der Waals surface area contributed by atoms with Gasteiger partial charge in [0.15, 0.2) is 0 Å². The van der Waals surface area contributed by atoms with Crippen molar-refractivity contribution in [2.75, 3.05) is 14.2 Å². The average molecular weight is 356 g/mol. The lowest BCUT2D eigenvalue weighted by atomic mass is 9.91. The zero-order chi connectivity index (χ0) is 18.0. The van der Waals surface area contributed by atoms with Crippen LogP contribution in [0.15, 0.2) is 59.1 Å². The minimum Gasteiger partial charge on any atom is -0.464 e. The zero-order valence-corrected chi connectivity index (χ0v) is 14.5. The van der Waals surface area contributed by atoms with E-state index in [0.29, 0.717) is 10.4 Å². The van der Waals surface area contributed by atoms with Crippen LogP contribution in [-0.2, 0) is 9.53 Å². The van der Waals surface area contributed by atoms with Gasteiger partial charge >= 0.3 is 12.0 Å². The highest BCUT2D eigenvalue weighted by Crippen LogP contribution is 2.33. The molecule has 0 saturated heterocycles. The van der Waals surface area contributed by atoms with Crippen molar-refractivity contribution in [3.63, 3.8) is 0 Å². The fourth-order valence-electron chi connectivity index (χ4n) is 2.73. The van der Waals surface area contributed by atoms with Crippen LogP contribution >= 0.6 is 11.3 Å². The van der Waals surface area contributed by atoms with Crippen molar-refractivity contribution in [2.45, 2.75) is 6.04 Å². The van der Waals surface area contributed by atoms with E-state index in [4.69, 9.17) is 4.74 Å². The highest BCUT2D eigenvalue weighted by atomic mass is 32.1. The van der Waals surface area contributed by atoms with Crippen LogP contribution in [0.25, 0.3) is 0 Å². The van der Waals surface area contributed by atoms with Gasteiger partial charge in [-0.05, 0) is 17.0 Å². The maximum Gasteiger partial charge on any atom is 0.355 e. The molecule has 25 heavy (non-hydrogen) atoms. The molecule has 1 aromatic carbocycles. The Morgan fingerprint density at radius 2 is 1.88 bits per heavy atom. The third-order valence-corrected chi connectivity index (χ3v) is 4.82. The van der Waals surface area contributed by atoms with Crippen molar-refractivity contribution >= 4 is 29.1 Å².